The quantitative estimate of drug-likeness (QED) is 0.621. The van der Waals surface area contributed by atoms with E-state index in [2.05, 4.69) is 15.5 Å². The number of nitrogens with zero attached hydrogens (tertiary/aromatic N) is 1. The van der Waals surface area contributed by atoms with Gasteiger partial charge in [0.1, 0.15) is 0 Å². The van der Waals surface area contributed by atoms with Crippen molar-refractivity contribution in [3.8, 4) is 0 Å². The minimum absolute atomic E-state index is 0.103. The summed E-state index contributed by atoms with van der Waals surface area (Å²) in [6.45, 7) is 6.08. The zero-order valence-electron chi connectivity index (χ0n) is 14.7. The monoisotopic (exact) mass is 325 g/mol. The van der Waals surface area contributed by atoms with Crippen molar-refractivity contribution in [3.63, 3.8) is 0 Å². The SMILES string of the molecule is C[C@H](NCC1CCN(CCO)CC1)C(=O)NC1CCCCCC1. The van der Waals surface area contributed by atoms with Crippen LogP contribution in [0, 0.1) is 5.92 Å². The highest BCUT2D eigenvalue weighted by Gasteiger charge is 2.22. The van der Waals surface area contributed by atoms with Gasteiger partial charge in [0.05, 0.1) is 12.6 Å². The number of amides is 1. The number of piperidine rings is 1. The molecule has 0 aromatic heterocycles. The van der Waals surface area contributed by atoms with Gasteiger partial charge in [0.25, 0.3) is 0 Å². The standard InChI is InChI=1S/C18H35N3O2/c1-15(18(23)20-17-6-4-2-3-5-7-17)19-14-16-8-10-21(11-9-16)12-13-22/h15-17,19,22H,2-14H2,1H3,(H,20,23)/t15-/m0/s1. The Hall–Kier alpha value is -0.650. The Morgan fingerprint density at radius 3 is 2.39 bits per heavy atom. The third-order valence-corrected chi connectivity index (χ3v) is 5.43. The van der Waals surface area contributed by atoms with E-state index in [0.717, 1.165) is 51.9 Å². The molecular weight excluding hydrogens is 290 g/mol. The summed E-state index contributed by atoms with van der Waals surface area (Å²) in [4.78, 5) is 14.6. The molecule has 1 heterocycles. The van der Waals surface area contributed by atoms with E-state index in [9.17, 15) is 4.79 Å². The summed E-state index contributed by atoms with van der Waals surface area (Å²) in [5, 5.41) is 15.6. The molecule has 0 aromatic carbocycles. The van der Waals surface area contributed by atoms with Crippen molar-refractivity contribution in [1.29, 1.82) is 0 Å². The van der Waals surface area contributed by atoms with Crippen LogP contribution in [0.25, 0.3) is 0 Å². The molecule has 1 saturated heterocycles. The maximum atomic E-state index is 12.3. The second-order valence-electron chi connectivity index (χ2n) is 7.34. The van der Waals surface area contributed by atoms with Crippen LogP contribution in [0.15, 0.2) is 0 Å². The molecule has 1 aliphatic carbocycles. The molecule has 2 aliphatic rings. The zero-order chi connectivity index (χ0) is 16.5. The summed E-state index contributed by atoms with van der Waals surface area (Å²) in [5.74, 6) is 0.813. The van der Waals surface area contributed by atoms with Crippen LogP contribution in [0.3, 0.4) is 0 Å². The van der Waals surface area contributed by atoms with Crippen LogP contribution in [0.4, 0.5) is 0 Å². The molecule has 1 amide bonds. The smallest absolute Gasteiger partial charge is 0.237 e. The predicted molar refractivity (Wildman–Crippen MR) is 93.3 cm³/mol. The first-order valence-corrected chi connectivity index (χ1v) is 9.56. The second kappa shape index (κ2) is 10.3. The van der Waals surface area contributed by atoms with E-state index in [1.807, 2.05) is 6.92 Å². The molecule has 3 N–H and O–H groups in total. The molecule has 1 saturated carbocycles. The molecule has 2 fully saturated rings. The van der Waals surface area contributed by atoms with E-state index in [1.54, 1.807) is 0 Å². The Bertz CT molecular complexity index is 335. The number of likely N-dealkylation sites (tertiary alicyclic amines) is 1. The van der Waals surface area contributed by atoms with Gasteiger partial charge in [-0.2, -0.15) is 0 Å². The zero-order valence-corrected chi connectivity index (χ0v) is 14.7. The van der Waals surface area contributed by atoms with Gasteiger partial charge < -0.3 is 20.6 Å². The van der Waals surface area contributed by atoms with E-state index in [1.165, 1.54) is 25.7 Å². The van der Waals surface area contributed by atoms with Gasteiger partial charge >= 0.3 is 0 Å². The fraction of sp³-hybridized carbons (Fsp3) is 0.944. The topological polar surface area (TPSA) is 64.6 Å². The lowest BCUT2D eigenvalue weighted by molar-refractivity contribution is -0.123. The fourth-order valence-electron chi connectivity index (χ4n) is 3.74. The molecule has 1 atom stereocenters. The van der Waals surface area contributed by atoms with Crippen LogP contribution in [0.1, 0.15) is 58.3 Å². The maximum absolute atomic E-state index is 12.3. The third-order valence-electron chi connectivity index (χ3n) is 5.43. The van der Waals surface area contributed by atoms with Gasteiger partial charge in [-0.3, -0.25) is 4.79 Å². The largest absolute Gasteiger partial charge is 0.395 e. The summed E-state index contributed by atoms with van der Waals surface area (Å²) in [7, 11) is 0. The molecule has 2 rings (SSSR count). The normalized spacial score (nSPS) is 23.4. The van der Waals surface area contributed by atoms with Gasteiger partial charge in [0.2, 0.25) is 5.91 Å². The van der Waals surface area contributed by atoms with Crippen molar-refractivity contribution >= 4 is 5.91 Å². The van der Waals surface area contributed by atoms with Crippen LogP contribution < -0.4 is 10.6 Å². The van der Waals surface area contributed by atoms with Gasteiger partial charge in [-0.1, -0.05) is 25.7 Å². The number of nitrogens with one attached hydrogen (secondary N) is 2. The van der Waals surface area contributed by atoms with Crippen molar-refractivity contribution in [2.75, 3.05) is 32.8 Å². The Balaban J connectivity index is 1.62. The number of β-amino-alcohol motifs (C(OH)–C–C–N with tert-alkyl or cyclic N) is 1. The number of carbonyl (C=O) groups excluding carboxylic acids is 1. The lowest BCUT2D eigenvalue weighted by Gasteiger charge is -2.32. The first-order chi connectivity index (χ1) is 11.2. The third kappa shape index (κ3) is 6.77. The molecule has 0 unspecified atom stereocenters. The van der Waals surface area contributed by atoms with Crippen molar-refractivity contribution in [2.45, 2.75) is 70.4 Å². The Morgan fingerprint density at radius 2 is 1.78 bits per heavy atom. The first-order valence-electron chi connectivity index (χ1n) is 9.56. The van der Waals surface area contributed by atoms with Crippen LogP contribution in [0.2, 0.25) is 0 Å². The summed E-state index contributed by atoms with van der Waals surface area (Å²) in [6.07, 6.45) is 9.72. The summed E-state index contributed by atoms with van der Waals surface area (Å²) in [5.41, 5.74) is 0. The van der Waals surface area contributed by atoms with Crippen molar-refractivity contribution in [3.05, 3.63) is 0 Å². The number of aliphatic hydroxyl groups is 1. The molecule has 1 aliphatic heterocycles. The number of hydrogen-bond acceptors (Lipinski definition) is 4. The average Bonchev–Trinajstić information content (AvgIpc) is 2.83. The van der Waals surface area contributed by atoms with E-state index < -0.39 is 0 Å². The predicted octanol–water partition coefficient (Wildman–Crippen LogP) is 1.51. The van der Waals surface area contributed by atoms with Gasteiger partial charge in [-0.15, -0.1) is 0 Å². The minimum Gasteiger partial charge on any atom is -0.395 e. The van der Waals surface area contributed by atoms with E-state index >= 15 is 0 Å². The van der Waals surface area contributed by atoms with E-state index in [-0.39, 0.29) is 18.6 Å². The number of aliphatic hydroxyl groups excluding tert-OH is 1. The maximum Gasteiger partial charge on any atom is 0.237 e. The van der Waals surface area contributed by atoms with Crippen LogP contribution in [-0.4, -0.2) is 60.8 Å². The van der Waals surface area contributed by atoms with Crippen LogP contribution >= 0.6 is 0 Å². The molecule has 0 spiro atoms. The lowest BCUT2D eigenvalue weighted by Crippen LogP contribution is -2.48. The fourth-order valence-corrected chi connectivity index (χ4v) is 3.74. The van der Waals surface area contributed by atoms with Gasteiger partial charge in [0, 0.05) is 12.6 Å². The summed E-state index contributed by atoms with van der Waals surface area (Å²) < 4.78 is 0. The van der Waals surface area contributed by atoms with Crippen LogP contribution in [-0.2, 0) is 4.79 Å². The molecule has 0 radical (unpaired) electrons. The number of rotatable bonds is 7. The highest BCUT2D eigenvalue weighted by molar-refractivity contribution is 5.81. The number of hydrogen-bond donors (Lipinski definition) is 3. The van der Waals surface area contributed by atoms with Crippen molar-refractivity contribution < 1.29 is 9.90 Å². The molecule has 5 heteroatoms. The molecule has 134 valence electrons. The first kappa shape index (κ1) is 18.7. The molecule has 23 heavy (non-hydrogen) atoms. The lowest BCUT2D eigenvalue weighted by atomic mass is 9.96. The highest BCUT2D eigenvalue weighted by atomic mass is 16.3. The van der Waals surface area contributed by atoms with Gasteiger partial charge in [-0.05, 0) is 58.2 Å². The van der Waals surface area contributed by atoms with Crippen LogP contribution in [0.5, 0.6) is 0 Å². The summed E-state index contributed by atoms with van der Waals surface area (Å²) in [6, 6.07) is 0.282. The molecule has 5 nitrogen and oxygen atoms in total. The Kier molecular flexibility index (Phi) is 8.34. The summed E-state index contributed by atoms with van der Waals surface area (Å²) >= 11 is 0. The average molecular weight is 325 g/mol. The molecule has 0 bridgehead atoms. The molecule has 0 aromatic rings. The highest BCUT2D eigenvalue weighted by Crippen LogP contribution is 2.18. The Morgan fingerprint density at radius 1 is 1.13 bits per heavy atom. The second-order valence-corrected chi connectivity index (χ2v) is 7.34. The van der Waals surface area contributed by atoms with Crippen molar-refractivity contribution in [1.82, 2.24) is 15.5 Å². The van der Waals surface area contributed by atoms with E-state index in [0.29, 0.717) is 12.0 Å². The van der Waals surface area contributed by atoms with E-state index in [4.69, 9.17) is 5.11 Å². The minimum atomic E-state index is -0.103. The van der Waals surface area contributed by atoms with Crippen molar-refractivity contribution in [2.24, 2.45) is 5.92 Å². The Labute approximate surface area is 141 Å². The van der Waals surface area contributed by atoms with Gasteiger partial charge in [-0.25, -0.2) is 0 Å². The molecular formula is C18H35N3O2. The van der Waals surface area contributed by atoms with Gasteiger partial charge in [0.15, 0.2) is 0 Å². The number of carbonyl (C=O) groups is 1.